The lowest BCUT2D eigenvalue weighted by Crippen LogP contribution is -2.15. The molecule has 0 aliphatic heterocycles. The Morgan fingerprint density at radius 3 is 2.17 bits per heavy atom. The maximum atomic E-state index is 5.44. The van der Waals surface area contributed by atoms with Gasteiger partial charge in [0.05, 0.1) is 6.04 Å². The largest absolute Gasteiger partial charge is 0.372 e. The molecule has 1 unspecified atom stereocenters. The first-order valence-electron chi connectivity index (χ1n) is 6.21. The average Bonchev–Trinajstić information content (AvgIpc) is 2.46. The molecule has 0 spiro atoms. The van der Waals surface area contributed by atoms with Crippen molar-refractivity contribution < 1.29 is 0 Å². The summed E-state index contributed by atoms with van der Waals surface area (Å²) in [5.41, 5.74) is 3.52. The Hall–Kier alpha value is -2.20. The molecule has 0 fully saturated rings. The molecule has 0 saturated heterocycles. The lowest BCUT2D eigenvalue weighted by molar-refractivity contribution is 0.858. The van der Waals surface area contributed by atoms with Crippen LogP contribution < -0.4 is 5.32 Å². The van der Waals surface area contributed by atoms with Crippen molar-refractivity contribution in [2.75, 3.05) is 5.32 Å². The van der Waals surface area contributed by atoms with Crippen LogP contribution in [0.5, 0.6) is 0 Å². The van der Waals surface area contributed by atoms with E-state index in [9.17, 15) is 0 Å². The van der Waals surface area contributed by atoms with Gasteiger partial charge in [-0.15, -0.1) is 6.42 Å². The van der Waals surface area contributed by atoms with Gasteiger partial charge in [-0.25, -0.2) is 0 Å². The van der Waals surface area contributed by atoms with Gasteiger partial charge in [-0.2, -0.15) is 0 Å². The summed E-state index contributed by atoms with van der Waals surface area (Å²) in [4.78, 5) is 0. The lowest BCUT2D eigenvalue weighted by Gasteiger charge is -2.12. The van der Waals surface area contributed by atoms with Gasteiger partial charge in [0.25, 0.3) is 0 Å². The van der Waals surface area contributed by atoms with Gasteiger partial charge in [0.15, 0.2) is 0 Å². The Balaban J connectivity index is 2.14. The maximum Gasteiger partial charge on any atom is 0.0871 e. The van der Waals surface area contributed by atoms with E-state index < -0.39 is 0 Å². The van der Waals surface area contributed by atoms with E-state index in [0.717, 1.165) is 12.1 Å². The fraction of sp³-hybridized carbons (Fsp3) is 0.176. The second-order valence-corrected chi connectivity index (χ2v) is 4.22. The molecule has 0 amide bonds. The van der Waals surface area contributed by atoms with Crippen molar-refractivity contribution >= 4 is 5.69 Å². The molecule has 1 N–H and O–H groups in total. The predicted molar refractivity (Wildman–Crippen MR) is 78.4 cm³/mol. The van der Waals surface area contributed by atoms with Gasteiger partial charge in [0, 0.05) is 5.69 Å². The SMILES string of the molecule is C#CC(CC)Nc1ccc(-c2ccccc2)cc1. The summed E-state index contributed by atoms with van der Waals surface area (Å²) in [7, 11) is 0. The van der Waals surface area contributed by atoms with Crippen LogP contribution in [0.4, 0.5) is 5.69 Å². The average molecular weight is 235 g/mol. The summed E-state index contributed by atoms with van der Waals surface area (Å²) in [6, 6.07) is 18.8. The van der Waals surface area contributed by atoms with Crippen molar-refractivity contribution in [3.05, 3.63) is 54.6 Å². The fourth-order valence-electron chi connectivity index (χ4n) is 1.85. The van der Waals surface area contributed by atoms with Gasteiger partial charge < -0.3 is 5.32 Å². The van der Waals surface area contributed by atoms with E-state index in [-0.39, 0.29) is 6.04 Å². The molecular weight excluding hydrogens is 218 g/mol. The first-order valence-corrected chi connectivity index (χ1v) is 6.21. The summed E-state index contributed by atoms with van der Waals surface area (Å²) in [6.45, 7) is 2.08. The summed E-state index contributed by atoms with van der Waals surface area (Å²) in [6.07, 6.45) is 6.37. The zero-order valence-electron chi connectivity index (χ0n) is 10.6. The smallest absolute Gasteiger partial charge is 0.0871 e. The van der Waals surface area contributed by atoms with Gasteiger partial charge in [0.1, 0.15) is 0 Å². The van der Waals surface area contributed by atoms with Gasteiger partial charge >= 0.3 is 0 Å². The minimum Gasteiger partial charge on any atom is -0.372 e. The maximum absolute atomic E-state index is 5.44. The minimum atomic E-state index is 0.104. The topological polar surface area (TPSA) is 12.0 Å². The van der Waals surface area contributed by atoms with Crippen LogP contribution in [0.3, 0.4) is 0 Å². The van der Waals surface area contributed by atoms with Gasteiger partial charge in [-0.1, -0.05) is 55.3 Å². The van der Waals surface area contributed by atoms with E-state index in [0.29, 0.717) is 0 Å². The Morgan fingerprint density at radius 2 is 1.61 bits per heavy atom. The molecule has 0 radical (unpaired) electrons. The number of hydrogen-bond acceptors (Lipinski definition) is 1. The molecular formula is C17H17N. The monoisotopic (exact) mass is 235 g/mol. The van der Waals surface area contributed by atoms with Crippen LogP contribution in [-0.2, 0) is 0 Å². The molecule has 1 heteroatoms. The van der Waals surface area contributed by atoms with Gasteiger partial charge in [-0.3, -0.25) is 0 Å². The van der Waals surface area contributed by atoms with E-state index in [1.54, 1.807) is 0 Å². The molecule has 1 nitrogen and oxygen atoms in total. The minimum absolute atomic E-state index is 0.104. The molecule has 2 aromatic rings. The number of rotatable bonds is 4. The Bertz CT molecular complexity index is 520. The number of hydrogen-bond donors (Lipinski definition) is 1. The third kappa shape index (κ3) is 2.93. The van der Waals surface area contributed by atoms with E-state index in [4.69, 9.17) is 6.42 Å². The molecule has 0 heterocycles. The molecule has 0 aliphatic carbocycles. The number of nitrogens with one attached hydrogen (secondary N) is 1. The first kappa shape index (κ1) is 12.3. The van der Waals surface area contributed by atoms with Crippen LogP contribution in [0.15, 0.2) is 54.6 Å². The third-order valence-electron chi connectivity index (χ3n) is 2.94. The molecule has 0 aliphatic rings. The number of anilines is 1. The highest BCUT2D eigenvalue weighted by atomic mass is 14.9. The molecule has 1 atom stereocenters. The summed E-state index contributed by atoms with van der Waals surface area (Å²) < 4.78 is 0. The highest BCUT2D eigenvalue weighted by Crippen LogP contribution is 2.21. The van der Waals surface area contributed by atoms with E-state index in [1.165, 1.54) is 11.1 Å². The number of terminal acetylenes is 1. The van der Waals surface area contributed by atoms with Crippen LogP contribution in [-0.4, -0.2) is 6.04 Å². The van der Waals surface area contributed by atoms with Gasteiger partial charge in [0.2, 0.25) is 0 Å². The van der Waals surface area contributed by atoms with Crippen molar-refractivity contribution in [1.82, 2.24) is 0 Å². The highest BCUT2D eigenvalue weighted by Gasteiger charge is 2.01. The second kappa shape index (κ2) is 5.93. The first-order chi connectivity index (χ1) is 8.83. The number of benzene rings is 2. The van der Waals surface area contributed by atoms with Crippen molar-refractivity contribution in [3.63, 3.8) is 0 Å². The normalized spacial score (nSPS) is 11.6. The van der Waals surface area contributed by atoms with E-state index in [2.05, 4.69) is 54.6 Å². The summed E-state index contributed by atoms with van der Waals surface area (Å²) >= 11 is 0. The van der Waals surface area contributed by atoms with Crippen LogP contribution >= 0.6 is 0 Å². The van der Waals surface area contributed by atoms with Crippen molar-refractivity contribution in [2.24, 2.45) is 0 Å². The van der Waals surface area contributed by atoms with E-state index >= 15 is 0 Å². The van der Waals surface area contributed by atoms with Crippen LogP contribution in [0.1, 0.15) is 13.3 Å². The Kier molecular flexibility index (Phi) is 4.04. The highest BCUT2D eigenvalue weighted by molar-refractivity contribution is 5.66. The van der Waals surface area contributed by atoms with Crippen LogP contribution in [0, 0.1) is 12.3 Å². The summed E-state index contributed by atoms with van der Waals surface area (Å²) in [5, 5.41) is 3.32. The lowest BCUT2D eigenvalue weighted by atomic mass is 10.1. The van der Waals surface area contributed by atoms with Crippen molar-refractivity contribution in [2.45, 2.75) is 19.4 Å². The van der Waals surface area contributed by atoms with Crippen molar-refractivity contribution in [1.29, 1.82) is 0 Å². The standard InChI is InChI=1S/C17H17N/c1-3-16(4-2)18-17-12-10-15(11-13-17)14-8-6-5-7-9-14/h1,5-13,16,18H,4H2,2H3. The molecule has 0 saturated carbocycles. The molecule has 2 aromatic carbocycles. The fourth-order valence-corrected chi connectivity index (χ4v) is 1.85. The Morgan fingerprint density at radius 1 is 1.00 bits per heavy atom. The Labute approximate surface area is 109 Å². The molecule has 2 rings (SSSR count). The van der Waals surface area contributed by atoms with Crippen LogP contribution in [0.2, 0.25) is 0 Å². The van der Waals surface area contributed by atoms with Crippen LogP contribution in [0.25, 0.3) is 11.1 Å². The van der Waals surface area contributed by atoms with E-state index in [1.807, 2.05) is 18.2 Å². The predicted octanol–water partition coefficient (Wildman–Crippen LogP) is 4.18. The summed E-state index contributed by atoms with van der Waals surface area (Å²) in [5.74, 6) is 2.74. The second-order valence-electron chi connectivity index (χ2n) is 4.22. The third-order valence-corrected chi connectivity index (χ3v) is 2.94. The molecule has 0 aromatic heterocycles. The molecule has 18 heavy (non-hydrogen) atoms. The molecule has 90 valence electrons. The zero-order chi connectivity index (χ0) is 12.8. The molecule has 0 bridgehead atoms. The zero-order valence-corrected chi connectivity index (χ0v) is 10.6. The van der Waals surface area contributed by atoms with Gasteiger partial charge in [-0.05, 0) is 29.7 Å². The quantitative estimate of drug-likeness (QED) is 0.784. The van der Waals surface area contributed by atoms with Crippen molar-refractivity contribution in [3.8, 4) is 23.5 Å².